The minimum absolute atomic E-state index is 0.00442. The third-order valence-electron chi connectivity index (χ3n) is 2.16. The Morgan fingerprint density at radius 1 is 1.28 bits per heavy atom. The van der Waals surface area contributed by atoms with Crippen LogP contribution in [0.3, 0.4) is 0 Å². The summed E-state index contributed by atoms with van der Waals surface area (Å²) in [7, 11) is 0. The maximum absolute atomic E-state index is 12.8. The summed E-state index contributed by atoms with van der Waals surface area (Å²) in [6.45, 7) is 5.21. The van der Waals surface area contributed by atoms with E-state index in [0.717, 1.165) is 6.07 Å². The van der Waals surface area contributed by atoms with Gasteiger partial charge in [-0.05, 0) is 26.8 Å². The number of amides is 2. The van der Waals surface area contributed by atoms with Gasteiger partial charge in [-0.1, -0.05) is 0 Å². The molecular formula is C12H16FN3O2. The summed E-state index contributed by atoms with van der Waals surface area (Å²) in [5, 5.41) is 5.15. The zero-order valence-electron chi connectivity index (χ0n) is 10.5. The van der Waals surface area contributed by atoms with Crippen molar-refractivity contribution in [1.82, 2.24) is 15.6 Å². The lowest BCUT2D eigenvalue weighted by molar-refractivity contribution is -0.123. The minimum atomic E-state index is -0.734. The highest BCUT2D eigenvalue weighted by Crippen LogP contribution is 2.00. The van der Waals surface area contributed by atoms with Crippen molar-refractivity contribution in [3.8, 4) is 0 Å². The molecule has 1 unspecified atom stereocenters. The Labute approximate surface area is 105 Å². The monoisotopic (exact) mass is 253 g/mol. The molecule has 98 valence electrons. The molecule has 0 fully saturated rings. The first-order chi connectivity index (χ1) is 8.40. The maximum atomic E-state index is 12.8. The number of pyridine rings is 1. The van der Waals surface area contributed by atoms with Crippen LogP contribution in [0.5, 0.6) is 0 Å². The van der Waals surface area contributed by atoms with Crippen molar-refractivity contribution in [3.63, 3.8) is 0 Å². The van der Waals surface area contributed by atoms with Crippen molar-refractivity contribution in [1.29, 1.82) is 0 Å². The molecule has 2 N–H and O–H groups in total. The number of nitrogens with one attached hydrogen (secondary N) is 2. The van der Waals surface area contributed by atoms with Gasteiger partial charge in [-0.25, -0.2) is 4.98 Å². The smallest absolute Gasteiger partial charge is 0.252 e. The van der Waals surface area contributed by atoms with Gasteiger partial charge in [0.05, 0.1) is 0 Å². The number of rotatable bonds is 4. The standard InChI is InChI=1S/C12H16FN3O2/c1-7(2)15-11(17)8(3)16-12(18)9-4-5-14-10(13)6-9/h4-8H,1-3H3,(H,15,17)(H,16,18). The van der Waals surface area contributed by atoms with Gasteiger partial charge in [0, 0.05) is 23.9 Å². The zero-order valence-corrected chi connectivity index (χ0v) is 10.5. The number of nitrogens with zero attached hydrogens (tertiary/aromatic N) is 1. The van der Waals surface area contributed by atoms with Crippen LogP contribution in [0.4, 0.5) is 4.39 Å². The molecule has 0 aliphatic rings. The van der Waals surface area contributed by atoms with E-state index >= 15 is 0 Å². The number of halogens is 1. The summed E-state index contributed by atoms with van der Waals surface area (Å²) >= 11 is 0. The molecule has 1 heterocycles. The second-order valence-electron chi connectivity index (χ2n) is 4.23. The van der Waals surface area contributed by atoms with E-state index in [9.17, 15) is 14.0 Å². The van der Waals surface area contributed by atoms with E-state index in [0.29, 0.717) is 0 Å². The largest absolute Gasteiger partial charge is 0.352 e. The summed E-state index contributed by atoms with van der Waals surface area (Å²) in [6, 6.07) is 1.71. The molecule has 0 aliphatic heterocycles. The average Bonchev–Trinajstić information content (AvgIpc) is 2.27. The fraction of sp³-hybridized carbons (Fsp3) is 0.417. The minimum Gasteiger partial charge on any atom is -0.352 e. The lowest BCUT2D eigenvalue weighted by atomic mass is 10.2. The van der Waals surface area contributed by atoms with Gasteiger partial charge in [0.15, 0.2) is 0 Å². The lowest BCUT2D eigenvalue weighted by Gasteiger charge is -2.15. The van der Waals surface area contributed by atoms with Crippen molar-refractivity contribution in [2.75, 3.05) is 0 Å². The molecule has 1 aromatic heterocycles. The van der Waals surface area contributed by atoms with Crippen molar-refractivity contribution < 1.29 is 14.0 Å². The highest BCUT2D eigenvalue weighted by Gasteiger charge is 2.17. The zero-order chi connectivity index (χ0) is 13.7. The molecule has 0 radical (unpaired) electrons. The number of carbonyl (C=O) groups excluding carboxylic acids is 2. The van der Waals surface area contributed by atoms with Gasteiger partial charge in [-0.2, -0.15) is 4.39 Å². The Morgan fingerprint density at radius 3 is 2.50 bits per heavy atom. The van der Waals surface area contributed by atoms with E-state index < -0.39 is 17.9 Å². The second-order valence-corrected chi connectivity index (χ2v) is 4.23. The van der Waals surface area contributed by atoms with Crippen LogP contribution in [-0.2, 0) is 4.79 Å². The fourth-order valence-electron chi connectivity index (χ4n) is 1.30. The maximum Gasteiger partial charge on any atom is 0.252 e. The van der Waals surface area contributed by atoms with Crippen LogP contribution in [0.2, 0.25) is 0 Å². The summed E-state index contributed by atoms with van der Waals surface area (Å²) in [6.07, 6.45) is 1.20. The predicted octanol–water partition coefficient (Wildman–Crippen LogP) is 0.864. The van der Waals surface area contributed by atoms with Gasteiger partial charge in [-0.3, -0.25) is 9.59 Å². The van der Waals surface area contributed by atoms with Crippen LogP contribution >= 0.6 is 0 Å². The third kappa shape index (κ3) is 4.12. The predicted molar refractivity (Wildman–Crippen MR) is 64.4 cm³/mol. The van der Waals surface area contributed by atoms with E-state index in [1.54, 1.807) is 6.92 Å². The van der Waals surface area contributed by atoms with Gasteiger partial charge < -0.3 is 10.6 Å². The molecule has 1 aromatic rings. The van der Waals surface area contributed by atoms with E-state index in [4.69, 9.17) is 0 Å². The van der Waals surface area contributed by atoms with Crippen LogP contribution in [0.25, 0.3) is 0 Å². The van der Waals surface area contributed by atoms with Crippen LogP contribution < -0.4 is 10.6 Å². The molecular weight excluding hydrogens is 237 g/mol. The average molecular weight is 253 g/mol. The van der Waals surface area contributed by atoms with Gasteiger partial charge in [0.25, 0.3) is 5.91 Å². The molecule has 0 saturated carbocycles. The number of carbonyl (C=O) groups is 2. The normalized spacial score (nSPS) is 12.1. The lowest BCUT2D eigenvalue weighted by Crippen LogP contribution is -2.46. The van der Waals surface area contributed by atoms with Crippen LogP contribution in [-0.4, -0.2) is 28.9 Å². The molecule has 0 spiro atoms. The SMILES string of the molecule is CC(C)NC(=O)C(C)NC(=O)c1ccnc(F)c1. The van der Waals surface area contributed by atoms with E-state index in [1.165, 1.54) is 12.3 Å². The number of aromatic nitrogens is 1. The molecule has 6 heteroatoms. The van der Waals surface area contributed by atoms with Gasteiger partial charge in [-0.15, -0.1) is 0 Å². The Balaban J connectivity index is 2.62. The van der Waals surface area contributed by atoms with Gasteiger partial charge in [0.1, 0.15) is 6.04 Å². The topological polar surface area (TPSA) is 71.1 Å². The third-order valence-corrected chi connectivity index (χ3v) is 2.16. The molecule has 1 rings (SSSR count). The number of hydrogen-bond donors (Lipinski definition) is 2. The van der Waals surface area contributed by atoms with Crippen molar-refractivity contribution >= 4 is 11.8 Å². The van der Waals surface area contributed by atoms with Crippen LogP contribution in [0.15, 0.2) is 18.3 Å². The van der Waals surface area contributed by atoms with Crippen LogP contribution in [0.1, 0.15) is 31.1 Å². The summed E-state index contributed by atoms with van der Waals surface area (Å²) < 4.78 is 12.8. The molecule has 0 saturated heterocycles. The molecule has 0 aliphatic carbocycles. The Kier molecular flexibility index (Phi) is 4.76. The van der Waals surface area contributed by atoms with Crippen molar-refractivity contribution in [3.05, 3.63) is 29.8 Å². The summed E-state index contributed by atoms with van der Waals surface area (Å²) in [4.78, 5) is 26.6. The highest BCUT2D eigenvalue weighted by atomic mass is 19.1. The summed E-state index contributed by atoms with van der Waals surface area (Å²) in [5.41, 5.74) is 0.131. The quantitative estimate of drug-likeness (QED) is 0.782. The fourth-order valence-corrected chi connectivity index (χ4v) is 1.30. The number of hydrogen-bond acceptors (Lipinski definition) is 3. The Hall–Kier alpha value is -1.98. The second kappa shape index (κ2) is 6.09. The highest BCUT2D eigenvalue weighted by molar-refractivity contribution is 5.97. The molecule has 1 atom stereocenters. The first kappa shape index (κ1) is 14.1. The van der Waals surface area contributed by atoms with Gasteiger partial charge >= 0.3 is 0 Å². The first-order valence-electron chi connectivity index (χ1n) is 5.63. The van der Waals surface area contributed by atoms with Crippen molar-refractivity contribution in [2.45, 2.75) is 32.9 Å². The Bertz CT molecular complexity index is 449. The molecule has 0 bridgehead atoms. The van der Waals surface area contributed by atoms with Crippen LogP contribution in [0, 0.1) is 5.95 Å². The van der Waals surface area contributed by atoms with Gasteiger partial charge in [0.2, 0.25) is 11.9 Å². The molecule has 2 amide bonds. The van der Waals surface area contributed by atoms with E-state index in [2.05, 4.69) is 15.6 Å². The summed E-state index contributed by atoms with van der Waals surface area (Å²) in [5.74, 6) is -1.53. The molecule has 5 nitrogen and oxygen atoms in total. The van der Waals surface area contributed by atoms with E-state index in [1.807, 2.05) is 13.8 Å². The van der Waals surface area contributed by atoms with E-state index in [-0.39, 0.29) is 17.5 Å². The van der Waals surface area contributed by atoms with Crippen molar-refractivity contribution in [2.24, 2.45) is 0 Å². The molecule has 18 heavy (non-hydrogen) atoms. The molecule has 0 aromatic carbocycles. The first-order valence-corrected chi connectivity index (χ1v) is 5.63. The Morgan fingerprint density at radius 2 is 1.94 bits per heavy atom.